The van der Waals surface area contributed by atoms with Crippen molar-refractivity contribution in [2.24, 2.45) is 0 Å². The molecule has 0 aliphatic carbocycles. The maximum absolute atomic E-state index is 15.2. The number of sulfone groups is 1. The second-order valence-electron chi connectivity index (χ2n) is 11.8. The Labute approximate surface area is 259 Å². The van der Waals surface area contributed by atoms with Crippen LogP contribution in [-0.2, 0) is 16.4 Å². The molecule has 0 saturated carbocycles. The highest BCUT2D eigenvalue weighted by atomic mass is 32.2. The average molecular weight is 641 g/mol. The second kappa shape index (κ2) is 12.1. The molecule has 12 heteroatoms. The molecule has 45 heavy (non-hydrogen) atoms. The second-order valence-corrected chi connectivity index (χ2v) is 13.9. The molecule has 1 unspecified atom stereocenters. The van der Waals surface area contributed by atoms with E-state index in [-0.39, 0.29) is 28.5 Å². The van der Waals surface area contributed by atoms with Crippen LogP contribution in [0.2, 0.25) is 0 Å². The number of halogens is 4. The highest BCUT2D eigenvalue weighted by Crippen LogP contribution is 2.42. The molecular weight excluding hydrogens is 608 g/mol. The lowest BCUT2D eigenvalue weighted by Crippen LogP contribution is -2.35. The van der Waals surface area contributed by atoms with E-state index in [1.165, 1.54) is 36.7 Å². The topological polar surface area (TPSA) is 75.5 Å². The van der Waals surface area contributed by atoms with Gasteiger partial charge in [0, 0.05) is 25.3 Å². The fourth-order valence-corrected chi connectivity index (χ4v) is 6.95. The third-order valence-corrected chi connectivity index (χ3v) is 9.84. The maximum atomic E-state index is 15.2. The van der Waals surface area contributed by atoms with Crippen LogP contribution in [0.5, 0.6) is 0 Å². The van der Waals surface area contributed by atoms with E-state index in [2.05, 4.69) is 10.00 Å². The summed E-state index contributed by atoms with van der Waals surface area (Å²) in [6, 6.07) is 17.4. The number of likely N-dealkylation sites (tertiary alicyclic amines) is 2. The molecule has 1 atom stereocenters. The first kappa shape index (κ1) is 31.0. The zero-order chi connectivity index (χ0) is 31.9. The number of rotatable bonds is 7. The van der Waals surface area contributed by atoms with Crippen molar-refractivity contribution >= 4 is 15.7 Å². The summed E-state index contributed by atoms with van der Waals surface area (Å²) in [5.41, 5.74) is 2.60. The Morgan fingerprint density at radius 1 is 0.911 bits per heavy atom. The van der Waals surface area contributed by atoms with Crippen LogP contribution in [0.15, 0.2) is 83.9 Å². The molecule has 1 amide bonds. The van der Waals surface area contributed by atoms with Crippen molar-refractivity contribution in [3.63, 3.8) is 0 Å². The van der Waals surface area contributed by atoms with E-state index in [1.54, 1.807) is 41.1 Å². The van der Waals surface area contributed by atoms with Crippen LogP contribution in [0.4, 0.5) is 17.6 Å². The average Bonchev–Trinajstić information content (AvgIpc) is 3.59. The summed E-state index contributed by atoms with van der Waals surface area (Å²) in [7, 11) is -3.29. The molecule has 0 radical (unpaired) electrons. The third kappa shape index (κ3) is 6.53. The van der Waals surface area contributed by atoms with E-state index in [4.69, 9.17) is 0 Å². The molecule has 2 saturated heterocycles. The molecule has 0 N–H and O–H groups in total. The molecule has 0 spiro atoms. The van der Waals surface area contributed by atoms with Crippen molar-refractivity contribution in [3.8, 4) is 5.69 Å². The van der Waals surface area contributed by atoms with Crippen molar-refractivity contribution < 1.29 is 30.8 Å². The number of hydrogen-bond acceptors (Lipinski definition) is 5. The van der Waals surface area contributed by atoms with E-state index in [9.17, 15) is 22.0 Å². The fraction of sp³-hybridized carbons (Fsp3) is 0.333. The van der Waals surface area contributed by atoms with Crippen molar-refractivity contribution in [1.82, 2.24) is 19.6 Å². The summed E-state index contributed by atoms with van der Waals surface area (Å²) in [4.78, 5) is 17.5. The van der Waals surface area contributed by atoms with Crippen molar-refractivity contribution in [2.45, 2.75) is 42.0 Å². The van der Waals surface area contributed by atoms with Gasteiger partial charge in [-0.15, -0.1) is 0 Å². The van der Waals surface area contributed by atoms with Crippen LogP contribution in [-0.4, -0.2) is 72.3 Å². The van der Waals surface area contributed by atoms with Crippen LogP contribution >= 0.6 is 0 Å². The lowest BCUT2D eigenvalue weighted by Gasteiger charge is -2.33. The van der Waals surface area contributed by atoms with Gasteiger partial charge in [-0.2, -0.15) is 5.10 Å². The molecule has 0 bridgehead atoms. The first-order valence-corrected chi connectivity index (χ1v) is 16.6. The SMILES string of the molecule is CS(=O)(=O)c1ccc(CN2CCC(c3c(C(=O)N4CC(c5ccc(F)cc5)C(F)(F)C4)cnn3-c3ccc(F)cc3)CC2)cc1. The van der Waals surface area contributed by atoms with Gasteiger partial charge in [0.2, 0.25) is 0 Å². The Morgan fingerprint density at radius 2 is 1.51 bits per heavy atom. The number of carbonyl (C=O) groups excluding carboxylic acids is 1. The number of aromatic nitrogens is 2. The minimum Gasteiger partial charge on any atom is -0.332 e. The van der Waals surface area contributed by atoms with Gasteiger partial charge in [0.05, 0.1) is 40.5 Å². The molecule has 2 fully saturated rings. The van der Waals surface area contributed by atoms with E-state index in [0.29, 0.717) is 43.9 Å². The minimum absolute atomic E-state index is 0.128. The number of piperidine rings is 1. The molecule has 7 nitrogen and oxygen atoms in total. The predicted molar refractivity (Wildman–Crippen MR) is 160 cm³/mol. The Bertz CT molecular complexity index is 1790. The zero-order valence-corrected chi connectivity index (χ0v) is 25.4. The Morgan fingerprint density at radius 3 is 2.11 bits per heavy atom. The lowest BCUT2D eigenvalue weighted by molar-refractivity contribution is -0.00245. The number of amides is 1. The summed E-state index contributed by atoms with van der Waals surface area (Å²) in [6.45, 7) is 0.971. The standard InChI is InChI=1S/C33H32F4N4O3S/c1-45(43,44)28-12-2-22(3-13-28)19-39-16-14-24(15-17-39)31-29(18-38-41(31)27-10-8-26(35)9-11-27)32(42)40-20-30(33(36,37)21-40)23-4-6-25(34)7-5-23/h2-13,18,24,30H,14-17,19-21H2,1H3. The quantitative estimate of drug-likeness (QED) is 0.239. The molecule has 6 rings (SSSR count). The van der Waals surface area contributed by atoms with Gasteiger partial charge < -0.3 is 4.90 Å². The van der Waals surface area contributed by atoms with Crippen molar-refractivity contribution in [2.75, 3.05) is 32.4 Å². The number of benzene rings is 3. The normalized spacial score (nSPS) is 19.2. The lowest BCUT2D eigenvalue weighted by atomic mass is 9.90. The van der Waals surface area contributed by atoms with E-state index in [0.717, 1.165) is 22.6 Å². The zero-order valence-electron chi connectivity index (χ0n) is 24.5. The Kier molecular flexibility index (Phi) is 8.30. The fourth-order valence-electron chi connectivity index (χ4n) is 6.32. The van der Waals surface area contributed by atoms with Gasteiger partial charge in [0.15, 0.2) is 9.84 Å². The summed E-state index contributed by atoms with van der Waals surface area (Å²) in [5.74, 6) is -6.11. The molecule has 4 aromatic rings. The van der Waals surface area contributed by atoms with Gasteiger partial charge in [-0.05, 0) is 85.6 Å². The number of hydrogen-bond donors (Lipinski definition) is 0. The van der Waals surface area contributed by atoms with E-state index < -0.39 is 45.8 Å². The van der Waals surface area contributed by atoms with Gasteiger partial charge in [0.25, 0.3) is 11.8 Å². The molecule has 1 aromatic heterocycles. The monoisotopic (exact) mass is 640 g/mol. The van der Waals surface area contributed by atoms with E-state index >= 15 is 8.78 Å². The summed E-state index contributed by atoms with van der Waals surface area (Å²) >= 11 is 0. The van der Waals surface area contributed by atoms with Crippen molar-refractivity contribution in [1.29, 1.82) is 0 Å². The van der Waals surface area contributed by atoms with Crippen LogP contribution < -0.4 is 0 Å². The van der Waals surface area contributed by atoms with Gasteiger partial charge in [-0.25, -0.2) is 30.7 Å². The Hall–Kier alpha value is -4.03. The smallest absolute Gasteiger partial charge is 0.273 e. The number of carbonyl (C=O) groups is 1. The molecule has 2 aliphatic heterocycles. The summed E-state index contributed by atoms with van der Waals surface area (Å²) in [6.07, 6.45) is 3.88. The number of alkyl halides is 2. The van der Waals surface area contributed by atoms with Gasteiger partial charge in [0.1, 0.15) is 11.6 Å². The maximum Gasteiger partial charge on any atom is 0.273 e. The van der Waals surface area contributed by atoms with E-state index in [1.807, 2.05) is 0 Å². The largest absolute Gasteiger partial charge is 0.332 e. The number of nitrogens with zero attached hydrogens (tertiary/aromatic N) is 4. The third-order valence-electron chi connectivity index (χ3n) is 8.71. The van der Waals surface area contributed by atoms with Crippen LogP contribution in [0, 0.1) is 11.6 Å². The summed E-state index contributed by atoms with van der Waals surface area (Å²) in [5, 5.41) is 4.48. The van der Waals surface area contributed by atoms with Gasteiger partial charge >= 0.3 is 0 Å². The van der Waals surface area contributed by atoms with Crippen LogP contribution in [0.1, 0.15) is 51.9 Å². The van der Waals surface area contributed by atoms with Crippen molar-refractivity contribution in [3.05, 3.63) is 113 Å². The predicted octanol–water partition coefficient (Wildman–Crippen LogP) is 5.81. The summed E-state index contributed by atoms with van der Waals surface area (Å²) < 4.78 is 82.8. The molecular formula is C33H32F4N4O3S. The van der Waals surface area contributed by atoms with Gasteiger partial charge in [-0.3, -0.25) is 9.69 Å². The minimum atomic E-state index is -3.29. The van der Waals surface area contributed by atoms with Crippen LogP contribution in [0.25, 0.3) is 5.69 Å². The van der Waals surface area contributed by atoms with Gasteiger partial charge in [-0.1, -0.05) is 24.3 Å². The molecule has 3 heterocycles. The highest BCUT2D eigenvalue weighted by molar-refractivity contribution is 7.90. The molecule has 3 aromatic carbocycles. The Balaban J connectivity index is 1.24. The highest BCUT2D eigenvalue weighted by Gasteiger charge is 2.50. The molecule has 236 valence electrons. The first-order chi connectivity index (χ1) is 21.4. The first-order valence-electron chi connectivity index (χ1n) is 14.7. The van der Waals surface area contributed by atoms with Crippen LogP contribution in [0.3, 0.4) is 0 Å². The molecule has 2 aliphatic rings.